The van der Waals surface area contributed by atoms with Crippen molar-refractivity contribution in [3.8, 4) is 11.5 Å². The van der Waals surface area contributed by atoms with Gasteiger partial charge in [-0.3, -0.25) is 14.5 Å². The van der Waals surface area contributed by atoms with Crippen molar-refractivity contribution in [3.63, 3.8) is 0 Å². The molecular formula is C31H32N2O5. The molecule has 2 heterocycles. The summed E-state index contributed by atoms with van der Waals surface area (Å²) in [5.74, 6) is -0.636. The lowest BCUT2D eigenvalue weighted by molar-refractivity contribution is -0.132. The first-order valence-electron chi connectivity index (χ1n) is 13.0. The molecular weight excluding hydrogens is 480 g/mol. The largest absolute Gasteiger partial charge is 0.508 e. The van der Waals surface area contributed by atoms with Crippen molar-refractivity contribution in [3.05, 3.63) is 89.5 Å². The van der Waals surface area contributed by atoms with Gasteiger partial charge in [-0.25, -0.2) is 0 Å². The van der Waals surface area contributed by atoms with Crippen LogP contribution < -0.4 is 14.5 Å². The quantitative estimate of drug-likeness (QED) is 0.241. The van der Waals surface area contributed by atoms with Gasteiger partial charge in [0, 0.05) is 30.0 Å². The Bertz CT molecular complexity index is 1340. The van der Waals surface area contributed by atoms with Crippen molar-refractivity contribution in [2.24, 2.45) is 5.92 Å². The molecule has 2 saturated heterocycles. The number of amides is 1. The maximum atomic E-state index is 13.4. The minimum Gasteiger partial charge on any atom is -0.508 e. The van der Waals surface area contributed by atoms with Crippen LogP contribution in [0.5, 0.6) is 11.5 Å². The highest BCUT2D eigenvalue weighted by molar-refractivity contribution is 6.51. The molecule has 0 aliphatic carbocycles. The number of hydrogen-bond donors (Lipinski definition) is 2. The third kappa shape index (κ3) is 4.96. The number of anilines is 2. The van der Waals surface area contributed by atoms with Gasteiger partial charge in [0.1, 0.15) is 17.3 Å². The fraction of sp³-hybridized carbons (Fsp3) is 0.290. The van der Waals surface area contributed by atoms with E-state index in [1.165, 1.54) is 17.0 Å². The maximum Gasteiger partial charge on any atom is 0.300 e. The van der Waals surface area contributed by atoms with Gasteiger partial charge in [0.15, 0.2) is 0 Å². The second-order valence-corrected chi connectivity index (χ2v) is 10.2. The molecule has 5 rings (SSSR count). The lowest BCUT2D eigenvalue weighted by Gasteiger charge is -2.26. The summed E-state index contributed by atoms with van der Waals surface area (Å²) >= 11 is 0. The fourth-order valence-corrected chi connectivity index (χ4v) is 5.00. The number of aromatic hydroxyl groups is 1. The molecule has 1 amide bonds. The van der Waals surface area contributed by atoms with Gasteiger partial charge in [-0.2, -0.15) is 0 Å². The van der Waals surface area contributed by atoms with Crippen molar-refractivity contribution in [2.45, 2.75) is 32.7 Å². The van der Waals surface area contributed by atoms with Crippen LogP contribution in [-0.2, 0) is 9.59 Å². The highest BCUT2D eigenvalue weighted by Gasteiger charge is 2.47. The summed E-state index contributed by atoms with van der Waals surface area (Å²) < 4.78 is 5.73. The third-order valence-corrected chi connectivity index (χ3v) is 6.96. The number of benzene rings is 3. The van der Waals surface area contributed by atoms with Crippen LogP contribution in [0.2, 0.25) is 0 Å². The predicted molar refractivity (Wildman–Crippen MR) is 148 cm³/mol. The van der Waals surface area contributed by atoms with Crippen LogP contribution >= 0.6 is 0 Å². The van der Waals surface area contributed by atoms with Gasteiger partial charge in [0.05, 0.1) is 18.2 Å². The van der Waals surface area contributed by atoms with Crippen LogP contribution in [0.25, 0.3) is 5.76 Å². The fourth-order valence-electron chi connectivity index (χ4n) is 5.00. The Morgan fingerprint density at radius 3 is 2.11 bits per heavy atom. The summed E-state index contributed by atoms with van der Waals surface area (Å²) in [6.07, 6.45) is 2.31. The lowest BCUT2D eigenvalue weighted by Crippen LogP contribution is -2.29. The zero-order valence-corrected chi connectivity index (χ0v) is 21.6. The summed E-state index contributed by atoms with van der Waals surface area (Å²) in [6.45, 7) is 6.68. The van der Waals surface area contributed by atoms with E-state index in [4.69, 9.17) is 4.74 Å². The number of phenolic OH excluding ortho intramolecular Hbond substituents is 1. The second-order valence-electron chi connectivity index (χ2n) is 10.2. The molecule has 38 heavy (non-hydrogen) atoms. The number of rotatable bonds is 7. The van der Waals surface area contributed by atoms with Crippen LogP contribution in [0.15, 0.2) is 78.4 Å². The monoisotopic (exact) mass is 512 g/mol. The van der Waals surface area contributed by atoms with Crippen molar-refractivity contribution in [2.75, 3.05) is 29.5 Å². The maximum absolute atomic E-state index is 13.4. The molecule has 1 unspecified atom stereocenters. The first-order valence-corrected chi connectivity index (χ1v) is 13.0. The highest BCUT2D eigenvalue weighted by atomic mass is 16.5. The normalized spacial score (nSPS) is 19.0. The Balaban J connectivity index is 1.55. The first kappa shape index (κ1) is 25.4. The van der Waals surface area contributed by atoms with Crippen LogP contribution in [0, 0.1) is 5.92 Å². The number of phenols is 1. The number of carbonyl (C=O) groups is 2. The Labute approximate surface area is 222 Å². The lowest BCUT2D eigenvalue weighted by atomic mass is 9.95. The average molecular weight is 513 g/mol. The molecule has 3 aromatic carbocycles. The number of carbonyl (C=O) groups excluding carboxylic acids is 2. The van der Waals surface area contributed by atoms with E-state index in [1.54, 1.807) is 36.4 Å². The highest BCUT2D eigenvalue weighted by Crippen LogP contribution is 2.43. The molecule has 0 aromatic heterocycles. The molecule has 2 aliphatic heterocycles. The van der Waals surface area contributed by atoms with Crippen molar-refractivity contribution < 1.29 is 24.5 Å². The zero-order chi connectivity index (χ0) is 26.8. The van der Waals surface area contributed by atoms with Gasteiger partial charge in [0.25, 0.3) is 11.7 Å². The predicted octanol–water partition coefficient (Wildman–Crippen LogP) is 5.65. The molecule has 0 bridgehead atoms. The smallest absolute Gasteiger partial charge is 0.300 e. The zero-order valence-electron chi connectivity index (χ0n) is 21.6. The topological polar surface area (TPSA) is 90.3 Å². The molecule has 0 radical (unpaired) electrons. The first-order chi connectivity index (χ1) is 18.3. The SMILES string of the molecule is CC(C)COc1ccc(/C(O)=C2\C(=O)C(=O)N(c3ccc(N4CCCC4)cc3)C2c2ccc(O)cc2)cc1. The molecule has 2 fully saturated rings. The number of aliphatic hydroxyl groups excluding tert-OH is 1. The van der Waals surface area contributed by atoms with Gasteiger partial charge < -0.3 is 19.8 Å². The summed E-state index contributed by atoms with van der Waals surface area (Å²) in [6, 6.07) is 19.9. The molecule has 2 aliphatic rings. The van der Waals surface area contributed by atoms with E-state index >= 15 is 0 Å². The molecule has 196 valence electrons. The molecule has 0 saturated carbocycles. The van der Waals surface area contributed by atoms with E-state index < -0.39 is 17.7 Å². The Kier molecular flexibility index (Phi) is 7.09. The van der Waals surface area contributed by atoms with Gasteiger partial charge >= 0.3 is 0 Å². The van der Waals surface area contributed by atoms with E-state index in [1.807, 2.05) is 24.3 Å². The summed E-state index contributed by atoms with van der Waals surface area (Å²) in [7, 11) is 0. The van der Waals surface area contributed by atoms with Gasteiger partial charge in [-0.15, -0.1) is 0 Å². The molecule has 3 aromatic rings. The number of hydrogen-bond acceptors (Lipinski definition) is 6. The van der Waals surface area contributed by atoms with Crippen LogP contribution in [0.1, 0.15) is 43.9 Å². The minimum absolute atomic E-state index is 0.000146. The van der Waals surface area contributed by atoms with Gasteiger partial charge in [0.2, 0.25) is 0 Å². The second kappa shape index (κ2) is 10.6. The number of Topliss-reactive ketones (excluding diaryl/α,β-unsaturated/α-hetero) is 1. The number of ether oxygens (including phenoxy) is 1. The number of aliphatic hydroxyl groups is 1. The molecule has 7 heteroatoms. The number of ketones is 1. The van der Waals surface area contributed by atoms with Gasteiger partial charge in [-0.1, -0.05) is 26.0 Å². The van der Waals surface area contributed by atoms with Crippen molar-refractivity contribution in [1.29, 1.82) is 0 Å². The molecule has 2 N–H and O–H groups in total. The third-order valence-electron chi connectivity index (χ3n) is 6.96. The van der Waals surface area contributed by atoms with Crippen molar-refractivity contribution >= 4 is 28.8 Å². The van der Waals surface area contributed by atoms with Gasteiger partial charge in [-0.05, 0) is 85.0 Å². The number of nitrogens with zero attached hydrogens (tertiary/aromatic N) is 2. The van der Waals surface area contributed by atoms with Crippen LogP contribution in [0.4, 0.5) is 11.4 Å². The average Bonchev–Trinajstić information content (AvgIpc) is 3.55. The Hall–Kier alpha value is -4.26. The molecule has 7 nitrogen and oxygen atoms in total. The van der Waals surface area contributed by atoms with E-state index in [0.717, 1.165) is 31.6 Å². The Morgan fingerprint density at radius 1 is 0.895 bits per heavy atom. The Morgan fingerprint density at radius 2 is 1.50 bits per heavy atom. The van der Waals surface area contributed by atoms with E-state index in [-0.39, 0.29) is 17.1 Å². The minimum atomic E-state index is -0.856. The van der Waals surface area contributed by atoms with E-state index in [2.05, 4.69) is 18.7 Å². The molecule has 1 atom stereocenters. The van der Waals surface area contributed by atoms with Crippen LogP contribution in [-0.4, -0.2) is 41.6 Å². The standard InChI is InChI=1S/C31H32N2O5/c1-20(2)19-38-26-15-7-22(8-16-26)29(35)27-28(21-5-13-25(34)14-6-21)33(31(37)30(27)36)24-11-9-23(10-12-24)32-17-3-4-18-32/h5-16,20,28,34-35H,3-4,17-19H2,1-2H3/b29-27+. The summed E-state index contributed by atoms with van der Waals surface area (Å²) in [4.78, 5) is 30.5. The molecule has 0 spiro atoms. The van der Waals surface area contributed by atoms with Crippen LogP contribution in [0.3, 0.4) is 0 Å². The van der Waals surface area contributed by atoms with Crippen molar-refractivity contribution in [1.82, 2.24) is 0 Å². The summed E-state index contributed by atoms with van der Waals surface area (Å²) in [5, 5.41) is 21.2. The van der Waals surface area contributed by atoms with E-state index in [0.29, 0.717) is 35.1 Å². The van der Waals surface area contributed by atoms with E-state index in [9.17, 15) is 19.8 Å². The summed E-state index contributed by atoms with van der Waals surface area (Å²) in [5.41, 5.74) is 2.64.